The molecule has 8 heteroatoms. The lowest BCUT2D eigenvalue weighted by Gasteiger charge is -2.05. The Balaban J connectivity index is 2.19. The summed E-state index contributed by atoms with van der Waals surface area (Å²) in [5.41, 5.74) is 6.61. The van der Waals surface area contributed by atoms with Gasteiger partial charge in [0.2, 0.25) is 0 Å². The number of nitrogens with two attached hydrogens (primary N) is 1. The second kappa shape index (κ2) is 5.37. The molecule has 0 saturated heterocycles. The molecule has 2 rings (SSSR count). The first-order valence-electron chi connectivity index (χ1n) is 5.69. The Bertz CT molecular complexity index is 648. The Kier molecular flexibility index (Phi) is 3.82. The zero-order valence-corrected chi connectivity index (χ0v) is 11.3. The van der Waals surface area contributed by atoms with E-state index in [2.05, 4.69) is 14.8 Å². The van der Waals surface area contributed by atoms with Crippen molar-refractivity contribution in [2.24, 2.45) is 5.73 Å². The van der Waals surface area contributed by atoms with Gasteiger partial charge in [-0.3, -0.25) is 14.4 Å². The van der Waals surface area contributed by atoms with Crippen molar-refractivity contribution in [2.75, 3.05) is 11.3 Å². The largest absolute Gasteiger partial charge is 0.329 e. The van der Waals surface area contributed by atoms with Crippen molar-refractivity contribution < 1.29 is 8.42 Å². The molecule has 7 nitrogen and oxygen atoms in total. The lowest BCUT2D eigenvalue weighted by Crippen LogP contribution is -2.13. The van der Waals surface area contributed by atoms with Gasteiger partial charge >= 0.3 is 0 Å². The van der Waals surface area contributed by atoms with Gasteiger partial charge in [-0.2, -0.15) is 5.10 Å². The van der Waals surface area contributed by atoms with E-state index in [0.29, 0.717) is 18.8 Å². The van der Waals surface area contributed by atoms with Crippen LogP contribution in [0.2, 0.25) is 0 Å². The van der Waals surface area contributed by atoms with Crippen molar-refractivity contribution in [2.45, 2.75) is 18.4 Å². The number of aromatic nitrogens is 3. The Hall–Kier alpha value is -1.93. The van der Waals surface area contributed by atoms with Gasteiger partial charge in [-0.25, -0.2) is 8.42 Å². The van der Waals surface area contributed by atoms with Crippen LogP contribution in [0.5, 0.6) is 0 Å². The monoisotopic (exact) mass is 281 g/mol. The molecule has 0 aliphatic carbocycles. The fourth-order valence-corrected chi connectivity index (χ4v) is 2.48. The highest BCUT2D eigenvalue weighted by atomic mass is 32.2. The van der Waals surface area contributed by atoms with Crippen LogP contribution < -0.4 is 10.5 Å². The summed E-state index contributed by atoms with van der Waals surface area (Å²) < 4.78 is 28.1. The summed E-state index contributed by atoms with van der Waals surface area (Å²) in [6, 6.07) is 3.39. The van der Waals surface area contributed by atoms with Gasteiger partial charge < -0.3 is 5.73 Å². The molecule has 102 valence electrons. The Morgan fingerprint density at radius 2 is 2.16 bits per heavy atom. The number of sulfonamides is 1. The molecule has 0 aliphatic rings. The molecular weight excluding hydrogens is 266 g/mol. The van der Waals surface area contributed by atoms with E-state index in [-0.39, 0.29) is 4.90 Å². The fourth-order valence-electron chi connectivity index (χ4n) is 1.48. The minimum Gasteiger partial charge on any atom is -0.329 e. The first-order chi connectivity index (χ1) is 9.01. The molecule has 0 amide bonds. The van der Waals surface area contributed by atoms with Crippen molar-refractivity contribution in [3.63, 3.8) is 0 Å². The Labute approximate surface area is 111 Å². The molecule has 0 aromatic carbocycles. The molecule has 0 saturated carbocycles. The highest BCUT2D eigenvalue weighted by Gasteiger charge is 2.16. The zero-order chi connectivity index (χ0) is 13.9. The van der Waals surface area contributed by atoms with Crippen LogP contribution in [0.4, 0.5) is 5.69 Å². The molecule has 0 atom stereocenters. The van der Waals surface area contributed by atoms with Crippen molar-refractivity contribution in [3.8, 4) is 0 Å². The van der Waals surface area contributed by atoms with Crippen LogP contribution in [0, 0.1) is 6.92 Å². The number of rotatable bonds is 5. The summed E-state index contributed by atoms with van der Waals surface area (Å²) >= 11 is 0. The standard InChI is InChI=1S/C11H15N5O2S/c1-9-2-3-10(6-13-9)15-19(17,18)11-7-14-16(8-11)5-4-12/h2-3,6-8,15H,4-5,12H2,1H3. The predicted molar refractivity (Wildman–Crippen MR) is 71.1 cm³/mol. The predicted octanol–water partition coefficient (Wildman–Crippen LogP) is 0.346. The number of pyridine rings is 1. The van der Waals surface area contributed by atoms with Crippen molar-refractivity contribution in [1.82, 2.24) is 14.8 Å². The van der Waals surface area contributed by atoms with Crippen LogP contribution in [-0.4, -0.2) is 29.7 Å². The molecule has 2 aromatic rings. The molecule has 0 unspecified atom stereocenters. The highest BCUT2D eigenvalue weighted by Crippen LogP contribution is 2.14. The minimum atomic E-state index is -3.64. The maximum absolute atomic E-state index is 12.1. The van der Waals surface area contributed by atoms with Gasteiger partial charge in [0.15, 0.2) is 0 Å². The maximum atomic E-state index is 12.1. The molecule has 0 aliphatic heterocycles. The Morgan fingerprint density at radius 1 is 1.37 bits per heavy atom. The quantitative estimate of drug-likeness (QED) is 0.823. The maximum Gasteiger partial charge on any atom is 0.265 e. The molecule has 19 heavy (non-hydrogen) atoms. The van der Waals surface area contributed by atoms with Crippen LogP contribution in [0.15, 0.2) is 35.6 Å². The van der Waals surface area contributed by atoms with Gasteiger partial charge in [-0.1, -0.05) is 0 Å². The highest BCUT2D eigenvalue weighted by molar-refractivity contribution is 7.92. The van der Waals surface area contributed by atoms with Gasteiger partial charge in [0.05, 0.1) is 24.6 Å². The van der Waals surface area contributed by atoms with Gasteiger partial charge in [0, 0.05) is 18.4 Å². The van der Waals surface area contributed by atoms with Crippen LogP contribution in [0.3, 0.4) is 0 Å². The van der Waals surface area contributed by atoms with E-state index in [1.54, 1.807) is 12.1 Å². The van der Waals surface area contributed by atoms with Crippen molar-refractivity contribution in [3.05, 3.63) is 36.4 Å². The van der Waals surface area contributed by atoms with E-state index >= 15 is 0 Å². The van der Waals surface area contributed by atoms with E-state index in [1.165, 1.54) is 23.3 Å². The number of hydrogen-bond donors (Lipinski definition) is 2. The van der Waals surface area contributed by atoms with Gasteiger partial charge in [-0.05, 0) is 19.1 Å². The average Bonchev–Trinajstić information content (AvgIpc) is 2.82. The van der Waals surface area contributed by atoms with Crippen LogP contribution in [0.25, 0.3) is 0 Å². The molecule has 3 N–H and O–H groups in total. The van der Waals surface area contributed by atoms with E-state index in [1.807, 2.05) is 6.92 Å². The van der Waals surface area contributed by atoms with Crippen molar-refractivity contribution >= 4 is 15.7 Å². The third-order valence-corrected chi connectivity index (χ3v) is 3.78. The summed E-state index contributed by atoms with van der Waals surface area (Å²) in [7, 11) is -3.64. The first-order valence-corrected chi connectivity index (χ1v) is 7.17. The number of anilines is 1. The van der Waals surface area contributed by atoms with Gasteiger partial charge in [0.25, 0.3) is 10.0 Å². The molecule has 2 aromatic heterocycles. The second-order valence-electron chi connectivity index (χ2n) is 4.02. The third kappa shape index (κ3) is 3.30. The molecule has 0 spiro atoms. The van der Waals surface area contributed by atoms with E-state index < -0.39 is 10.0 Å². The van der Waals surface area contributed by atoms with E-state index in [4.69, 9.17) is 5.73 Å². The summed E-state index contributed by atoms with van der Waals surface area (Å²) in [5, 5.41) is 3.93. The number of nitrogens with one attached hydrogen (secondary N) is 1. The van der Waals surface area contributed by atoms with Crippen LogP contribution in [-0.2, 0) is 16.6 Å². The zero-order valence-electron chi connectivity index (χ0n) is 10.4. The molecule has 0 radical (unpaired) electrons. The molecule has 2 heterocycles. The molecule has 0 bridgehead atoms. The van der Waals surface area contributed by atoms with Crippen molar-refractivity contribution in [1.29, 1.82) is 0 Å². The third-order valence-electron chi connectivity index (χ3n) is 2.44. The Morgan fingerprint density at radius 3 is 2.79 bits per heavy atom. The minimum absolute atomic E-state index is 0.0986. The number of aryl methyl sites for hydroxylation is 1. The SMILES string of the molecule is Cc1ccc(NS(=O)(=O)c2cnn(CCN)c2)cn1. The van der Waals surface area contributed by atoms with Gasteiger partial charge in [0.1, 0.15) is 4.90 Å². The molecular formula is C11H15N5O2S. The summed E-state index contributed by atoms with van der Waals surface area (Å²) in [6.45, 7) is 2.70. The number of hydrogen-bond acceptors (Lipinski definition) is 5. The topological polar surface area (TPSA) is 103 Å². The smallest absolute Gasteiger partial charge is 0.265 e. The lowest BCUT2D eigenvalue weighted by atomic mass is 10.4. The summed E-state index contributed by atoms with van der Waals surface area (Å²) in [4.78, 5) is 4.13. The fraction of sp³-hybridized carbons (Fsp3) is 0.273. The van der Waals surface area contributed by atoms with Gasteiger partial charge in [-0.15, -0.1) is 0 Å². The normalized spacial score (nSPS) is 11.5. The van der Waals surface area contributed by atoms with E-state index in [0.717, 1.165) is 5.69 Å². The average molecular weight is 281 g/mol. The number of nitrogens with zero attached hydrogens (tertiary/aromatic N) is 3. The molecule has 0 fully saturated rings. The summed E-state index contributed by atoms with van der Waals surface area (Å²) in [5.74, 6) is 0. The first kappa shape index (κ1) is 13.5. The van der Waals surface area contributed by atoms with E-state index in [9.17, 15) is 8.42 Å². The second-order valence-corrected chi connectivity index (χ2v) is 5.70. The lowest BCUT2D eigenvalue weighted by molar-refractivity contribution is 0.599. The van der Waals surface area contributed by atoms with Crippen LogP contribution >= 0.6 is 0 Å². The van der Waals surface area contributed by atoms with Crippen LogP contribution in [0.1, 0.15) is 5.69 Å². The summed E-state index contributed by atoms with van der Waals surface area (Å²) in [6.07, 6.45) is 4.20.